The second-order valence-corrected chi connectivity index (χ2v) is 6.43. The zero-order chi connectivity index (χ0) is 15.2. The molecule has 0 radical (unpaired) electrons. The maximum Gasteiger partial charge on any atom is 0.163 e. The molecule has 2 aromatic rings. The molecule has 0 bridgehead atoms. The first-order chi connectivity index (χ1) is 10.1. The summed E-state index contributed by atoms with van der Waals surface area (Å²) in [4.78, 5) is 12.6. The highest BCUT2D eigenvalue weighted by atomic mass is 79.9. The summed E-state index contributed by atoms with van der Waals surface area (Å²) in [5.74, 6) is 1.44. The van der Waals surface area contributed by atoms with E-state index in [0.717, 1.165) is 20.8 Å². The van der Waals surface area contributed by atoms with Gasteiger partial charge in [0.05, 0.1) is 12.2 Å². The normalized spacial score (nSPS) is 10.4. The van der Waals surface area contributed by atoms with Crippen molar-refractivity contribution >= 4 is 39.2 Å². The van der Waals surface area contributed by atoms with Crippen LogP contribution in [0.3, 0.4) is 0 Å². The first-order valence-corrected chi connectivity index (χ1v) is 8.26. The largest absolute Gasteiger partial charge is 0.492 e. The molecule has 0 aliphatic heterocycles. The molecule has 0 saturated heterocycles. The molecule has 5 heteroatoms. The van der Waals surface area contributed by atoms with E-state index >= 15 is 0 Å². The third kappa shape index (κ3) is 4.51. The fourth-order valence-electron chi connectivity index (χ4n) is 1.82. The van der Waals surface area contributed by atoms with Gasteiger partial charge in [-0.25, -0.2) is 0 Å². The lowest BCUT2D eigenvalue weighted by atomic mass is 10.1. The van der Waals surface area contributed by atoms with Crippen LogP contribution in [-0.4, -0.2) is 18.1 Å². The van der Waals surface area contributed by atoms with Crippen LogP contribution in [0.15, 0.2) is 51.8 Å². The molecule has 0 saturated carbocycles. The van der Waals surface area contributed by atoms with E-state index in [9.17, 15) is 4.79 Å². The molecule has 0 aliphatic carbocycles. The lowest BCUT2D eigenvalue weighted by Gasteiger charge is -2.10. The van der Waals surface area contributed by atoms with Crippen molar-refractivity contribution in [3.63, 3.8) is 0 Å². The number of nitrogens with two attached hydrogens (primary N) is 1. The number of ketones is 1. The highest BCUT2D eigenvalue weighted by molar-refractivity contribution is 9.10. The molecule has 110 valence electrons. The Labute approximate surface area is 137 Å². The molecule has 0 unspecified atom stereocenters. The predicted octanol–water partition coefficient (Wildman–Crippen LogP) is 4.41. The highest BCUT2D eigenvalue weighted by Crippen LogP contribution is 2.29. The Morgan fingerprint density at radius 3 is 2.76 bits per heavy atom. The van der Waals surface area contributed by atoms with Gasteiger partial charge in [-0.1, -0.05) is 12.1 Å². The number of Topliss-reactive ketones (excluding diaryl/α,β-unsaturated/α-hetero) is 1. The maximum atomic E-state index is 11.5. The van der Waals surface area contributed by atoms with Crippen LogP contribution in [0.25, 0.3) is 0 Å². The van der Waals surface area contributed by atoms with Crippen molar-refractivity contribution in [2.24, 2.45) is 0 Å². The second kappa shape index (κ2) is 7.52. The molecule has 0 heterocycles. The Morgan fingerprint density at radius 1 is 1.29 bits per heavy atom. The van der Waals surface area contributed by atoms with Crippen LogP contribution in [-0.2, 0) is 0 Å². The molecule has 0 aromatic heterocycles. The van der Waals surface area contributed by atoms with Gasteiger partial charge in [0.25, 0.3) is 0 Å². The standard InChI is InChI=1S/C16H16BrNO2S/c1-11(19)13-4-2-3-5-15(13)20-8-9-21-16-7-6-12(18)10-14(16)17/h2-7,10H,8-9,18H2,1H3. The second-order valence-electron chi connectivity index (χ2n) is 4.44. The van der Waals surface area contributed by atoms with Gasteiger partial charge >= 0.3 is 0 Å². The molecule has 0 amide bonds. The van der Waals surface area contributed by atoms with E-state index in [4.69, 9.17) is 10.5 Å². The van der Waals surface area contributed by atoms with Crippen molar-refractivity contribution in [3.8, 4) is 5.75 Å². The number of thioether (sulfide) groups is 1. The molecular weight excluding hydrogens is 350 g/mol. The molecule has 2 rings (SSSR count). The SMILES string of the molecule is CC(=O)c1ccccc1OCCSc1ccc(N)cc1Br. The van der Waals surface area contributed by atoms with Gasteiger partial charge < -0.3 is 10.5 Å². The third-order valence-corrected chi connectivity index (χ3v) is 4.78. The van der Waals surface area contributed by atoms with E-state index in [-0.39, 0.29) is 5.78 Å². The molecule has 0 aliphatic rings. The molecular formula is C16H16BrNO2S. The van der Waals surface area contributed by atoms with Gasteiger partial charge in [-0.2, -0.15) is 0 Å². The number of halogens is 1. The third-order valence-electron chi connectivity index (χ3n) is 2.82. The average molecular weight is 366 g/mol. The summed E-state index contributed by atoms with van der Waals surface area (Å²) >= 11 is 5.17. The van der Waals surface area contributed by atoms with Gasteiger partial charge in [0.1, 0.15) is 5.75 Å². The van der Waals surface area contributed by atoms with Crippen LogP contribution in [0, 0.1) is 0 Å². The summed E-state index contributed by atoms with van der Waals surface area (Å²) in [6.45, 7) is 2.08. The van der Waals surface area contributed by atoms with Crippen molar-refractivity contribution < 1.29 is 9.53 Å². The Hall–Kier alpha value is -1.46. The molecule has 2 N–H and O–H groups in total. The van der Waals surface area contributed by atoms with Gasteiger partial charge in [-0.3, -0.25) is 4.79 Å². The summed E-state index contributed by atoms with van der Waals surface area (Å²) in [6.07, 6.45) is 0. The summed E-state index contributed by atoms with van der Waals surface area (Å²) in [6, 6.07) is 13.0. The summed E-state index contributed by atoms with van der Waals surface area (Å²) in [7, 11) is 0. The monoisotopic (exact) mass is 365 g/mol. The van der Waals surface area contributed by atoms with Crippen LogP contribution in [0.2, 0.25) is 0 Å². The Bertz CT molecular complexity index is 646. The van der Waals surface area contributed by atoms with Gasteiger partial charge in [0, 0.05) is 20.8 Å². The topological polar surface area (TPSA) is 52.3 Å². The minimum Gasteiger partial charge on any atom is -0.492 e. The van der Waals surface area contributed by atoms with Gasteiger partial charge in [-0.05, 0) is 53.2 Å². The number of carbonyl (C=O) groups is 1. The molecule has 0 atom stereocenters. The molecule has 0 fully saturated rings. The number of carbonyl (C=O) groups excluding carboxylic acids is 1. The van der Waals surface area contributed by atoms with Crippen LogP contribution < -0.4 is 10.5 Å². The van der Waals surface area contributed by atoms with Crippen LogP contribution >= 0.6 is 27.7 Å². The molecule has 21 heavy (non-hydrogen) atoms. The van der Waals surface area contributed by atoms with Crippen molar-refractivity contribution in [1.29, 1.82) is 0 Å². The molecule has 3 nitrogen and oxygen atoms in total. The number of nitrogen functional groups attached to an aromatic ring is 1. The van der Waals surface area contributed by atoms with Crippen LogP contribution in [0.4, 0.5) is 5.69 Å². The summed E-state index contributed by atoms with van der Waals surface area (Å²) in [5.41, 5.74) is 7.06. The minimum absolute atomic E-state index is 0.0135. The van der Waals surface area contributed by atoms with Crippen molar-refractivity contribution in [1.82, 2.24) is 0 Å². The fourth-order valence-corrected chi connectivity index (χ4v) is 3.31. The van der Waals surface area contributed by atoms with E-state index < -0.39 is 0 Å². The van der Waals surface area contributed by atoms with Crippen LogP contribution in [0.5, 0.6) is 5.75 Å². The fraction of sp³-hybridized carbons (Fsp3) is 0.188. The van der Waals surface area contributed by atoms with E-state index in [1.807, 2.05) is 36.4 Å². The first-order valence-electron chi connectivity index (χ1n) is 6.48. The Kier molecular flexibility index (Phi) is 5.70. The number of hydrogen-bond donors (Lipinski definition) is 1. The number of rotatable bonds is 6. The molecule has 2 aromatic carbocycles. The van der Waals surface area contributed by atoms with Crippen molar-refractivity contribution in [2.45, 2.75) is 11.8 Å². The van der Waals surface area contributed by atoms with Gasteiger partial charge in [0.15, 0.2) is 5.78 Å². The Morgan fingerprint density at radius 2 is 2.05 bits per heavy atom. The number of para-hydroxylation sites is 1. The number of benzene rings is 2. The smallest absolute Gasteiger partial charge is 0.163 e. The number of anilines is 1. The van der Waals surface area contributed by atoms with Gasteiger partial charge in [0.2, 0.25) is 0 Å². The van der Waals surface area contributed by atoms with Crippen molar-refractivity contribution in [2.75, 3.05) is 18.1 Å². The van der Waals surface area contributed by atoms with Crippen molar-refractivity contribution in [3.05, 3.63) is 52.5 Å². The predicted molar refractivity (Wildman–Crippen MR) is 91.2 cm³/mol. The Balaban J connectivity index is 1.89. The summed E-state index contributed by atoms with van der Waals surface area (Å²) < 4.78 is 6.69. The first kappa shape index (κ1) is 15.9. The highest BCUT2D eigenvalue weighted by Gasteiger charge is 2.07. The van der Waals surface area contributed by atoms with Crippen LogP contribution in [0.1, 0.15) is 17.3 Å². The molecule has 0 spiro atoms. The maximum absolute atomic E-state index is 11.5. The minimum atomic E-state index is 0.0135. The van der Waals surface area contributed by atoms with E-state index in [1.165, 1.54) is 0 Å². The summed E-state index contributed by atoms with van der Waals surface area (Å²) in [5, 5.41) is 0. The van der Waals surface area contributed by atoms with E-state index in [0.29, 0.717) is 17.9 Å². The zero-order valence-electron chi connectivity index (χ0n) is 11.6. The lowest BCUT2D eigenvalue weighted by molar-refractivity contribution is 0.101. The van der Waals surface area contributed by atoms with Gasteiger partial charge in [-0.15, -0.1) is 11.8 Å². The lowest BCUT2D eigenvalue weighted by Crippen LogP contribution is -2.04. The number of hydrogen-bond acceptors (Lipinski definition) is 4. The van der Waals surface area contributed by atoms with E-state index in [1.54, 1.807) is 24.8 Å². The average Bonchev–Trinajstić information content (AvgIpc) is 2.45. The quantitative estimate of drug-likeness (QED) is 0.356. The zero-order valence-corrected chi connectivity index (χ0v) is 14.0. The van der Waals surface area contributed by atoms with E-state index in [2.05, 4.69) is 15.9 Å². The number of ether oxygens (including phenoxy) is 1.